The maximum Gasteiger partial charge on any atom is 0.416 e. The summed E-state index contributed by atoms with van der Waals surface area (Å²) in [5, 5.41) is 3.34. The number of thiazole rings is 1. The number of rotatable bonds is 2. The smallest absolute Gasteiger partial charge is 0.416 e. The molecule has 0 radical (unpaired) electrons. The Morgan fingerprint density at radius 2 is 1.92 bits per heavy atom. The minimum Gasteiger partial charge on any atom is -0.454 e. The Labute approximate surface area is 139 Å². The molecule has 126 valence electrons. The number of furan rings is 1. The first-order chi connectivity index (χ1) is 11.5. The van der Waals surface area contributed by atoms with Gasteiger partial charge in [0.1, 0.15) is 11.3 Å². The molecule has 24 heavy (non-hydrogen) atoms. The first kappa shape index (κ1) is 15.5. The van der Waals surface area contributed by atoms with E-state index in [2.05, 4.69) is 9.88 Å². The number of hydrogen-bond acceptors (Lipinski definition) is 5. The van der Waals surface area contributed by atoms with Crippen molar-refractivity contribution in [3.63, 3.8) is 0 Å². The summed E-state index contributed by atoms with van der Waals surface area (Å²) in [6.45, 7) is 2.89. The summed E-state index contributed by atoms with van der Waals surface area (Å²) in [5.74, 6) is 0.472. The molecule has 0 spiro atoms. The van der Waals surface area contributed by atoms with Crippen molar-refractivity contribution in [3.8, 4) is 11.5 Å². The quantitative estimate of drug-likeness (QED) is 0.683. The minimum absolute atomic E-state index is 0.209. The highest BCUT2D eigenvalue weighted by Crippen LogP contribution is 2.35. The van der Waals surface area contributed by atoms with Gasteiger partial charge in [-0.25, -0.2) is 4.98 Å². The second-order valence-corrected chi connectivity index (χ2v) is 6.31. The van der Waals surface area contributed by atoms with E-state index in [9.17, 15) is 13.2 Å². The SMILES string of the molecule is FC(F)(F)c1ccc2cc(-c3csc(N4CCOCC4)n3)oc2c1. The van der Waals surface area contributed by atoms with Crippen molar-refractivity contribution in [1.29, 1.82) is 0 Å². The van der Waals surface area contributed by atoms with E-state index in [1.54, 1.807) is 6.07 Å². The van der Waals surface area contributed by atoms with Gasteiger partial charge in [-0.2, -0.15) is 13.2 Å². The zero-order valence-corrected chi connectivity index (χ0v) is 13.3. The summed E-state index contributed by atoms with van der Waals surface area (Å²) in [5.41, 5.74) is 0.121. The van der Waals surface area contributed by atoms with Crippen molar-refractivity contribution in [2.75, 3.05) is 31.2 Å². The third kappa shape index (κ3) is 2.87. The predicted molar refractivity (Wildman–Crippen MR) is 85.4 cm³/mol. The van der Waals surface area contributed by atoms with E-state index >= 15 is 0 Å². The molecule has 3 aromatic rings. The molecule has 0 bridgehead atoms. The fourth-order valence-corrected chi connectivity index (χ4v) is 3.48. The molecular weight excluding hydrogens is 341 g/mol. The van der Waals surface area contributed by atoms with Gasteiger partial charge in [0.15, 0.2) is 10.9 Å². The maximum absolute atomic E-state index is 12.8. The average molecular weight is 354 g/mol. The Balaban J connectivity index is 1.65. The van der Waals surface area contributed by atoms with Crippen LogP contribution in [0.2, 0.25) is 0 Å². The van der Waals surface area contributed by atoms with Gasteiger partial charge in [0.2, 0.25) is 0 Å². The van der Waals surface area contributed by atoms with Crippen LogP contribution in [0.4, 0.5) is 18.3 Å². The first-order valence-corrected chi connectivity index (χ1v) is 8.28. The number of morpholine rings is 1. The molecule has 4 rings (SSSR count). The number of benzene rings is 1. The molecule has 0 N–H and O–H groups in total. The van der Waals surface area contributed by atoms with E-state index < -0.39 is 11.7 Å². The van der Waals surface area contributed by atoms with Gasteiger partial charge in [0.25, 0.3) is 0 Å². The van der Waals surface area contributed by atoms with Crippen molar-refractivity contribution < 1.29 is 22.3 Å². The lowest BCUT2D eigenvalue weighted by atomic mass is 10.1. The van der Waals surface area contributed by atoms with Crippen molar-refractivity contribution in [2.45, 2.75) is 6.18 Å². The molecule has 1 aromatic carbocycles. The van der Waals surface area contributed by atoms with Gasteiger partial charge in [-0.3, -0.25) is 0 Å². The van der Waals surface area contributed by atoms with Crippen LogP contribution in [0.15, 0.2) is 34.1 Å². The molecule has 3 heterocycles. The van der Waals surface area contributed by atoms with Crippen LogP contribution in [0.25, 0.3) is 22.4 Å². The van der Waals surface area contributed by atoms with E-state index in [4.69, 9.17) is 9.15 Å². The van der Waals surface area contributed by atoms with E-state index in [0.29, 0.717) is 30.1 Å². The summed E-state index contributed by atoms with van der Waals surface area (Å²) in [7, 11) is 0. The molecule has 8 heteroatoms. The number of nitrogens with zero attached hydrogens (tertiary/aromatic N) is 2. The molecule has 0 saturated carbocycles. The molecular formula is C16H13F3N2O2S. The third-order valence-electron chi connectivity index (χ3n) is 3.87. The van der Waals surface area contributed by atoms with E-state index in [1.807, 2.05) is 5.38 Å². The Kier molecular flexibility index (Phi) is 3.73. The van der Waals surface area contributed by atoms with Gasteiger partial charge < -0.3 is 14.1 Å². The molecule has 0 amide bonds. The highest BCUT2D eigenvalue weighted by Gasteiger charge is 2.31. The molecule has 1 saturated heterocycles. The summed E-state index contributed by atoms with van der Waals surface area (Å²) in [4.78, 5) is 6.67. The molecule has 2 aromatic heterocycles. The average Bonchev–Trinajstić information content (AvgIpc) is 3.21. The van der Waals surface area contributed by atoms with E-state index in [0.717, 1.165) is 30.4 Å². The lowest BCUT2D eigenvalue weighted by Crippen LogP contribution is -2.36. The van der Waals surface area contributed by atoms with Crippen LogP contribution in [0.3, 0.4) is 0 Å². The van der Waals surface area contributed by atoms with Crippen molar-refractivity contribution >= 4 is 27.4 Å². The Hall–Kier alpha value is -2.06. The normalized spacial score (nSPS) is 16.0. The van der Waals surface area contributed by atoms with Gasteiger partial charge in [-0.05, 0) is 18.2 Å². The van der Waals surface area contributed by atoms with Gasteiger partial charge in [-0.1, -0.05) is 6.07 Å². The highest BCUT2D eigenvalue weighted by molar-refractivity contribution is 7.14. The van der Waals surface area contributed by atoms with Crippen molar-refractivity contribution in [3.05, 3.63) is 35.2 Å². The molecule has 0 aliphatic carbocycles. The Morgan fingerprint density at radius 1 is 1.12 bits per heavy atom. The summed E-state index contributed by atoms with van der Waals surface area (Å²) >= 11 is 1.49. The summed E-state index contributed by atoms with van der Waals surface area (Å²) in [6.07, 6.45) is -4.38. The fraction of sp³-hybridized carbons (Fsp3) is 0.312. The van der Waals surface area contributed by atoms with Crippen LogP contribution in [-0.4, -0.2) is 31.3 Å². The number of anilines is 1. The van der Waals surface area contributed by atoms with Crippen LogP contribution in [0, 0.1) is 0 Å². The number of halogens is 3. The van der Waals surface area contributed by atoms with Crippen LogP contribution in [-0.2, 0) is 10.9 Å². The lowest BCUT2D eigenvalue weighted by Gasteiger charge is -2.25. The van der Waals surface area contributed by atoms with Crippen molar-refractivity contribution in [1.82, 2.24) is 4.98 Å². The Morgan fingerprint density at radius 3 is 2.67 bits per heavy atom. The number of fused-ring (bicyclic) bond motifs is 1. The number of hydrogen-bond donors (Lipinski definition) is 0. The molecule has 1 aliphatic rings. The van der Waals surface area contributed by atoms with Crippen molar-refractivity contribution in [2.24, 2.45) is 0 Å². The molecule has 1 aliphatic heterocycles. The van der Waals surface area contributed by atoms with Gasteiger partial charge in [-0.15, -0.1) is 11.3 Å². The zero-order valence-electron chi connectivity index (χ0n) is 12.5. The predicted octanol–water partition coefficient (Wildman–Crippen LogP) is 4.41. The van der Waals surface area contributed by atoms with Crippen LogP contribution < -0.4 is 4.90 Å². The third-order valence-corrected chi connectivity index (χ3v) is 4.77. The van der Waals surface area contributed by atoms with E-state index in [1.165, 1.54) is 17.4 Å². The molecule has 0 unspecified atom stereocenters. The molecule has 4 nitrogen and oxygen atoms in total. The lowest BCUT2D eigenvalue weighted by molar-refractivity contribution is -0.137. The van der Waals surface area contributed by atoms with Gasteiger partial charge in [0.05, 0.1) is 18.8 Å². The van der Waals surface area contributed by atoms with E-state index in [-0.39, 0.29) is 5.58 Å². The van der Waals surface area contributed by atoms with Crippen LogP contribution in [0.5, 0.6) is 0 Å². The van der Waals surface area contributed by atoms with Gasteiger partial charge >= 0.3 is 6.18 Å². The standard InChI is InChI=1S/C16H13F3N2O2S/c17-16(18,19)11-2-1-10-7-14(23-13(10)8-11)12-9-24-15(20-12)21-3-5-22-6-4-21/h1-2,7-9H,3-6H2. The number of alkyl halides is 3. The molecule has 1 fully saturated rings. The highest BCUT2D eigenvalue weighted by atomic mass is 32.1. The van der Waals surface area contributed by atoms with Crippen LogP contribution in [0.1, 0.15) is 5.56 Å². The fourth-order valence-electron chi connectivity index (χ4n) is 2.61. The van der Waals surface area contributed by atoms with Crippen LogP contribution >= 0.6 is 11.3 Å². The number of ether oxygens (including phenoxy) is 1. The second kappa shape index (κ2) is 5.78. The second-order valence-electron chi connectivity index (χ2n) is 5.48. The zero-order chi connectivity index (χ0) is 16.7. The summed E-state index contributed by atoms with van der Waals surface area (Å²) < 4.78 is 49.3. The minimum atomic E-state index is -4.38. The number of aromatic nitrogens is 1. The topological polar surface area (TPSA) is 38.5 Å². The monoisotopic (exact) mass is 354 g/mol. The van der Waals surface area contributed by atoms with Gasteiger partial charge in [0, 0.05) is 23.9 Å². The largest absolute Gasteiger partial charge is 0.454 e. The Bertz CT molecular complexity index is 866. The molecule has 0 atom stereocenters. The maximum atomic E-state index is 12.8. The first-order valence-electron chi connectivity index (χ1n) is 7.40. The summed E-state index contributed by atoms with van der Waals surface area (Å²) in [6, 6.07) is 5.21.